The van der Waals surface area contributed by atoms with Gasteiger partial charge in [0, 0.05) is 42.8 Å². The molecule has 1 aliphatic rings. The smallest absolute Gasteiger partial charge is 0.272 e. The van der Waals surface area contributed by atoms with E-state index in [9.17, 15) is 14.9 Å². The first-order valence-corrected chi connectivity index (χ1v) is 8.82. The Balaban J connectivity index is 1.41. The van der Waals surface area contributed by atoms with Crippen molar-refractivity contribution in [1.82, 2.24) is 15.5 Å². The van der Waals surface area contributed by atoms with Crippen LogP contribution in [0.5, 0.6) is 0 Å². The van der Waals surface area contributed by atoms with Gasteiger partial charge >= 0.3 is 0 Å². The van der Waals surface area contributed by atoms with Crippen LogP contribution in [0.4, 0.5) is 11.4 Å². The van der Waals surface area contributed by atoms with Crippen LogP contribution in [0.2, 0.25) is 0 Å². The lowest BCUT2D eigenvalue weighted by atomic mass is 10.1. The van der Waals surface area contributed by atoms with E-state index in [4.69, 9.17) is 0 Å². The van der Waals surface area contributed by atoms with Crippen molar-refractivity contribution in [3.63, 3.8) is 0 Å². The number of H-pyrrole nitrogens is 1. The predicted octanol–water partition coefficient (Wildman–Crippen LogP) is 2.73. The number of benzene rings is 2. The summed E-state index contributed by atoms with van der Waals surface area (Å²) in [5.41, 5.74) is 1.91. The van der Waals surface area contributed by atoms with Crippen molar-refractivity contribution in [2.45, 2.75) is 6.42 Å². The van der Waals surface area contributed by atoms with Gasteiger partial charge in [0.15, 0.2) is 5.69 Å². The lowest BCUT2D eigenvalue weighted by Gasteiger charge is -2.18. The molecule has 0 bridgehead atoms. The molecule has 2 N–H and O–H groups in total. The van der Waals surface area contributed by atoms with Gasteiger partial charge in [0.25, 0.3) is 11.6 Å². The molecule has 1 atom stereocenters. The zero-order valence-corrected chi connectivity index (χ0v) is 14.6. The summed E-state index contributed by atoms with van der Waals surface area (Å²) in [6.45, 7) is 2.39. The molecule has 0 saturated carbocycles. The maximum atomic E-state index is 12.5. The normalized spacial score (nSPS) is 16.6. The van der Waals surface area contributed by atoms with Crippen LogP contribution in [-0.2, 0) is 0 Å². The molecular formula is C19H19N5O3. The van der Waals surface area contributed by atoms with Crippen molar-refractivity contribution in [2.75, 3.05) is 24.5 Å². The van der Waals surface area contributed by atoms with E-state index in [1.807, 2.05) is 18.2 Å². The van der Waals surface area contributed by atoms with Crippen LogP contribution in [0.3, 0.4) is 0 Å². The van der Waals surface area contributed by atoms with Crippen LogP contribution in [0.1, 0.15) is 16.9 Å². The van der Waals surface area contributed by atoms with Crippen molar-refractivity contribution in [3.8, 4) is 0 Å². The second-order valence-electron chi connectivity index (χ2n) is 6.71. The summed E-state index contributed by atoms with van der Waals surface area (Å²) in [7, 11) is 0. The number of anilines is 1. The quantitative estimate of drug-likeness (QED) is 0.534. The molecule has 8 heteroatoms. The van der Waals surface area contributed by atoms with E-state index in [1.165, 1.54) is 17.8 Å². The fourth-order valence-electron chi connectivity index (χ4n) is 3.48. The molecular weight excluding hydrogens is 346 g/mol. The van der Waals surface area contributed by atoms with E-state index >= 15 is 0 Å². The number of non-ortho nitro benzene ring substituents is 1. The number of rotatable bonds is 5. The van der Waals surface area contributed by atoms with Gasteiger partial charge in [0.2, 0.25) is 0 Å². The van der Waals surface area contributed by atoms with Gasteiger partial charge in [0.1, 0.15) is 0 Å². The van der Waals surface area contributed by atoms with Crippen LogP contribution in [0.15, 0.2) is 48.5 Å². The first-order chi connectivity index (χ1) is 13.1. The minimum Gasteiger partial charge on any atom is -0.371 e. The molecule has 1 aliphatic heterocycles. The number of nitrogens with zero attached hydrogens (tertiary/aromatic N) is 3. The number of aromatic amines is 1. The highest BCUT2D eigenvalue weighted by Crippen LogP contribution is 2.24. The molecule has 0 radical (unpaired) electrons. The summed E-state index contributed by atoms with van der Waals surface area (Å²) in [6.07, 6.45) is 1.00. The van der Waals surface area contributed by atoms with E-state index in [0.717, 1.165) is 19.5 Å². The predicted molar refractivity (Wildman–Crippen MR) is 102 cm³/mol. The van der Waals surface area contributed by atoms with Crippen molar-refractivity contribution in [3.05, 3.63) is 64.3 Å². The zero-order valence-electron chi connectivity index (χ0n) is 14.6. The van der Waals surface area contributed by atoms with Crippen molar-refractivity contribution in [2.24, 2.45) is 5.92 Å². The SMILES string of the molecule is O=C(NCC1CCN(c2ccccc2)C1)c1n[nH]c2ccc([N+](=O)[O-])cc12. The maximum absolute atomic E-state index is 12.5. The number of carbonyl (C=O) groups is 1. The number of hydrogen-bond acceptors (Lipinski definition) is 5. The molecule has 1 saturated heterocycles. The Morgan fingerprint density at radius 3 is 2.89 bits per heavy atom. The molecule has 1 unspecified atom stereocenters. The van der Waals surface area contributed by atoms with E-state index in [1.54, 1.807) is 6.07 Å². The lowest BCUT2D eigenvalue weighted by Crippen LogP contribution is -2.31. The van der Waals surface area contributed by atoms with Gasteiger partial charge in [-0.3, -0.25) is 20.0 Å². The summed E-state index contributed by atoms with van der Waals surface area (Å²) in [4.78, 5) is 25.3. The largest absolute Gasteiger partial charge is 0.371 e. The van der Waals surface area contributed by atoms with Crippen molar-refractivity contribution in [1.29, 1.82) is 0 Å². The third-order valence-corrected chi connectivity index (χ3v) is 4.93. The standard InChI is InChI=1S/C19H19N5O3/c25-19(18-16-10-15(24(26)27)6-7-17(16)21-22-18)20-11-13-8-9-23(12-13)14-4-2-1-3-5-14/h1-7,10,13H,8-9,11-12H2,(H,20,25)(H,21,22). The summed E-state index contributed by atoms with van der Waals surface area (Å²) in [5, 5.41) is 21.1. The van der Waals surface area contributed by atoms with Gasteiger partial charge in [0.05, 0.1) is 10.4 Å². The molecule has 27 heavy (non-hydrogen) atoms. The van der Waals surface area contributed by atoms with E-state index in [-0.39, 0.29) is 17.3 Å². The number of nitro groups is 1. The van der Waals surface area contributed by atoms with Gasteiger partial charge in [-0.2, -0.15) is 5.10 Å². The topological polar surface area (TPSA) is 104 Å². The number of aromatic nitrogens is 2. The van der Waals surface area contributed by atoms with Crippen molar-refractivity contribution < 1.29 is 9.72 Å². The van der Waals surface area contributed by atoms with Gasteiger partial charge in [-0.25, -0.2) is 0 Å². The molecule has 1 fully saturated rings. The Morgan fingerprint density at radius 2 is 2.11 bits per heavy atom. The Bertz CT molecular complexity index is 985. The third-order valence-electron chi connectivity index (χ3n) is 4.93. The van der Waals surface area contributed by atoms with Gasteiger partial charge in [-0.05, 0) is 30.5 Å². The molecule has 138 valence electrons. The monoisotopic (exact) mass is 365 g/mol. The summed E-state index contributed by atoms with van der Waals surface area (Å²) in [6, 6.07) is 14.5. The number of nitrogens with one attached hydrogen (secondary N) is 2. The highest BCUT2D eigenvalue weighted by Gasteiger charge is 2.24. The Labute approximate surface area is 155 Å². The molecule has 8 nitrogen and oxygen atoms in total. The minimum atomic E-state index is -0.481. The van der Waals surface area contributed by atoms with Gasteiger partial charge < -0.3 is 10.2 Å². The number of fused-ring (bicyclic) bond motifs is 1. The van der Waals surface area contributed by atoms with Crippen LogP contribution < -0.4 is 10.2 Å². The second-order valence-corrected chi connectivity index (χ2v) is 6.71. The Kier molecular flexibility index (Phi) is 4.45. The third kappa shape index (κ3) is 3.46. The lowest BCUT2D eigenvalue weighted by molar-refractivity contribution is -0.384. The summed E-state index contributed by atoms with van der Waals surface area (Å²) < 4.78 is 0. The summed E-state index contributed by atoms with van der Waals surface area (Å²) >= 11 is 0. The Hall–Kier alpha value is -3.42. The number of carbonyl (C=O) groups excluding carboxylic acids is 1. The van der Waals surface area contributed by atoms with Gasteiger partial charge in [-0.15, -0.1) is 0 Å². The molecule has 1 aromatic heterocycles. The second kappa shape index (κ2) is 7.06. The highest BCUT2D eigenvalue weighted by atomic mass is 16.6. The molecule has 0 spiro atoms. The first-order valence-electron chi connectivity index (χ1n) is 8.82. The molecule has 0 aliphatic carbocycles. The minimum absolute atomic E-state index is 0.0627. The first kappa shape index (κ1) is 17.0. The van der Waals surface area contributed by atoms with E-state index in [2.05, 4.69) is 32.5 Å². The average molecular weight is 365 g/mol. The van der Waals surface area contributed by atoms with Crippen molar-refractivity contribution >= 4 is 28.2 Å². The fraction of sp³-hybridized carbons (Fsp3) is 0.263. The number of para-hydroxylation sites is 1. The van der Waals surface area contributed by atoms with Crippen LogP contribution in [0, 0.1) is 16.0 Å². The maximum Gasteiger partial charge on any atom is 0.272 e. The van der Waals surface area contributed by atoms with Crippen LogP contribution >= 0.6 is 0 Å². The fourth-order valence-corrected chi connectivity index (χ4v) is 3.48. The molecule has 4 rings (SSSR count). The average Bonchev–Trinajstić information content (AvgIpc) is 3.33. The molecule has 3 aromatic rings. The number of amides is 1. The van der Waals surface area contributed by atoms with Gasteiger partial charge in [-0.1, -0.05) is 18.2 Å². The zero-order chi connectivity index (χ0) is 18.8. The van der Waals surface area contributed by atoms with Crippen LogP contribution in [0.25, 0.3) is 10.9 Å². The molecule has 1 amide bonds. The number of hydrogen-bond donors (Lipinski definition) is 2. The molecule has 2 aromatic carbocycles. The molecule has 2 heterocycles. The van der Waals surface area contributed by atoms with E-state index in [0.29, 0.717) is 23.4 Å². The highest BCUT2D eigenvalue weighted by molar-refractivity contribution is 6.05. The Morgan fingerprint density at radius 1 is 1.30 bits per heavy atom. The summed E-state index contributed by atoms with van der Waals surface area (Å²) in [5.74, 6) is 0.0357. The number of nitro benzene ring substituents is 1. The van der Waals surface area contributed by atoms with E-state index < -0.39 is 4.92 Å². The van der Waals surface area contributed by atoms with Crippen LogP contribution in [-0.4, -0.2) is 40.7 Å².